The zero-order chi connectivity index (χ0) is 26.8. The van der Waals surface area contributed by atoms with E-state index in [0.29, 0.717) is 5.75 Å². The molecule has 0 saturated carbocycles. The summed E-state index contributed by atoms with van der Waals surface area (Å²) in [5.41, 5.74) is 7.16. The van der Waals surface area contributed by atoms with Crippen LogP contribution in [0.5, 0.6) is 17.2 Å². The molecule has 0 atom stereocenters. The van der Waals surface area contributed by atoms with Crippen LogP contribution in [0.25, 0.3) is 28.0 Å². The molecule has 0 N–H and O–H groups in total. The first-order valence-electron chi connectivity index (χ1n) is 13.3. The van der Waals surface area contributed by atoms with E-state index >= 15 is 0 Å². The largest absolute Gasteiger partial charge is 0.493 e. The van der Waals surface area contributed by atoms with Gasteiger partial charge in [-0.3, -0.25) is 0 Å². The van der Waals surface area contributed by atoms with Crippen molar-refractivity contribution in [1.29, 1.82) is 0 Å². The molecule has 0 bridgehead atoms. The van der Waals surface area contributed by atoms with Crippen molar-refractivity contribution in [3.63, 3.8) is 0 Å². The third-order valence-electron chi connectivity index (χ3n) is 8.45. The van der Waals surface area contributed by atoms with Crippen LogP contribution in [0.4, 0.5) is 0 Å². The predicted octanol–water partition coefficient (Wildman–Crippen LogP) is 8.51. The van der Waals surface area contributed by atoms with Crippen LogP contribution < -0.4 is 14.2 Å². The van der Waals surface area contributed by atoms with Crippen molar-refractivity contribution >= 4 is 16.8 Å². The maximum atomic E-state index is 7.38. The van der Waals surface area contributed by atoms with E-state index in [2.05, 4.69) is 111 Å². The standard InChI is InChI=1S/C36H30O3/c1-35(2)29-18-12-11-17-26(29)32-28-22-31(38-4)30(37-3)21-27(28)25-19-20-36(39-34(25)33(32)35,23-13-7-5-8-14-23)24-15-9-6-10-16-24/h5-22H,1-4H3. The van der Waals surface area contributed by atoms with Gasteiger partial charge < -0.3 is 14.2 Å². The molecule has 0 unspecified atom stereocenters. The van der Waals surface area contributed by atoms with Gasteiger partial charge in [0.15, 0.2) is 17.1 Å². The van der Waals surface area contributed by atoms with Crippen LogP contribution in [0.2, 0.25) is 0 Å². The molecule has 1 heterocycles. The van der Waals surface area contributed by atoms with E-state index in [1.807, 2.05) is 12.1 Å². The Hall–Kier alpha value is -4.50. The molecule has 1 aliphatic heterocycles. The van der Waals surface area contributed by atoms with Gasteiger partial charge in [-0.05, 0) is 51.7 Å². The van der Waals surface area contributed by atoms with Crippen molar-refractivity contribution in [2.75, 3.05) is 14.2 Å². The molecule has 3 heteroatoms. The number of ether oxygens (including phenoxy) is 3. The lowest BCUT2D eigenvalue weighted by atomic mass is 9.78. The first kappa shape index (κ1) is 23.6. The van der Waals surface area contributed by atoms with Crippen molar-refractivity contribution in [3.05, 3.63) is 131 Å². The van der Waals surface area contributed by atoms with Crippen LogP contribution in [0.3, 0.4) is 0 Å². The molecule has 0 radical (unpaired) electrons. The number of methoxy groups -OCH3 is 2. The summed E-state index contributed by atoms with van der Waals surface area (Å²) in [6, 6.07) is 33.9. The van der Waals surface area contributed by atoms with E-state index in [1.165, 1.54) is 22.3 Å². The highest BCUT2D eigenvalue weighted by molar-refractivity contribution is 6.09. The average molecular weight is 511 g/mol. The Bertz CT molecular complexity index is 1730. The lowest BCUT2D eigenvalue weighted by Gasteiger charge is -2.39. The minimum Gasteiger partial charge on any atom is -0.493 e. The van der Waals surface area contributed by atoms with Crippen LogP contribution in [0.1, 0.15) is 41.7 Å². The van der Waals surface area contributed by atoms with Gasteiger partial charge in [-0.2, -0.15) is 0 Å². The van der Waals surface area contributed by atoms with Gasteiger partial charge in [-0.25, -0.2) is 0 Å². The highest BCUT2D eigenvalue weighted by Crippen LogP contribution is 2.59. The summed E-state index contributed by atoms with van der Waals surface area (Å²) in [5.74, 6) is 2.34. The molecule has 1 aliphatic carbocycles. The second-order valence-corrected chi connectivity index (χ2v) is 10.8. The van der Waals surface area contributed by atoms with Crippen LogP contribution >= 0.6 is 0 Å². The summed E-state index contributed by atoms with van der Waals surface area (Å²) in [6.07, 6.45) is 4.45. The SMILES string of the molecule is COc1cc2c3c(c4c(c2cc1OC)-c1ccccc1C4(C)C)OC(c1ccccc1)(c1ccccc1)C=C3. The smallest absolute Gasteiger partial charge is 0.178 e. The molecule has 3 nitrogen and oxygen atoms in total. The van der Waals surface area contributed by atoms with Gasteiger partial charge in [-0.1, -0.05) is 98.8 Å². The maximum absolute atomic E-state index is 7.38. The highest BCUT2D eigenvalue weighted by atomic mass is 16.5. The molecule has 0 aromatic heterocycles. The molecule has 0 amide bonds. The van der Waals surface area contributed by atoms with Crippen LogP contribution in [-0.4, -0.2) is 14.2 Å². The monoisotopic (exact) mass is 510 g/mol. The Labute approximate surface area is 229 Å². The summed E-state index contributed by atoms with van der Waals surface area (Å²) >= 11 is 0. The van der Waals surface area contributed by atoms with E-state index < -0.39 is 5.60 Å². The third-order valence-corrected chi connectivity index (χ3v) is 8.45. The van der Waals surface area contributed by atoms with Crippen molar-refractivity contribution in [3.8, 4) is 28.4 Å². The van der Waals surface area contributed by atoms with Gasteiger partial charge in [0.05, 0.1) is 14.2 Å². The fourth-order valence-electron chi connectivity index (χ4n) is 6.59. The fourth-order valence-corrected chi connectivity index (χ4v) is 6.59. The van der Waals surface area contributed by atoms with Gasteiger partial charge in [0.25, 0.3) is 0 Å². The average Bonchev–Trinajstić information content (AvgIpc) is 3.24. The van der Waals surface area contributed by atoms with E-state index in [0.717, 1.165) is 39.0 Å². The van der Waals surface area contributed by atoms with Gasteiger partial charge in [0.2, 0.25) is 0 Å². The van der Waals surface area contributed by atoms with Gasteiger partial charge in [-0.15, -0.1) is 0 Å². The highest BCUT2D eigenvalue weighted by Gasteiger charge is 2.45. The Morgan fingerprint density at radius 1 is 0.667 bits per heavy atom. The molecule has 0 fully saturated rings. The van der Waals surface area contributed by atoms with Crippen LogP contribution in [0.15, 0.2) is 103 Å². The van der Waals surface area contributed by atoms with Crippen LogP contribution in [0, 0.1) is 0 Å². The van der Waals surface area contributed by atoms with E-state index in [4.69, 9.17) is 14.2 Å². The molecular formula is C36H30O3. The molecule has 2 aliphatic rings. The summed E-state index contributed by atoms with van der Waals surface area (Å²) < 4.78 is 18.9. The van der Waals surface area contributed by atoms with E-state index in [9.17, 15) is 0 Å². The first-order valence-corrected chi connectivity index (χ1v) is 13.3. The summed E-state index contributed by atoms with van der Waals surface area (Å²) in [6.45, 7) is 4.61. The van der Waals surface area contributed by atoms with Crippen molar-refractivity contribution in [1.82, 2.24) is 0 Å². The Morgan fingerprint density at radius 2 is 1.23 bits per heavy atom. The second-order valence-electron chi connectivity index (χ2n) is 10.8. The van der Waals surface area contributed by atoms with Crippen molar-refractivity contribution in [2.24, 2.45) is 0 Å². The number of fused-ring (bicyclic) bond motifs is 8. The van der Waals surface area contributed by atoms with Gasteiger partial charge >= 0.3 is 0 Å². The Balaban J connectivity index is 1.62. The van der Waals surface area contributed by atoms with E-state index in [1.54, 1.807) is 14.2 Å². The minimum atomic E-state index is -0.765. The van der Waals surface area contributed by atoms with E-state index in [-0.39, 0.29) is 5.41 Å². The Kier molecular flexibility index (Phi) is 5.15. The molecule has 5 aromatic rings. The molecule has 0 saturated heterocycles. The zero-order valence-electron chi connectivity index (χ0n) is 22.6. The molecule has 0 spiro atoms. The molecule has 7 rings (SSSR count). The zero-order valence-corrected chi connectivity index (χ0v) is 22.6. The predicted molar refractivity (Wildman–Crippen MR) is 158 cm³/mol. The minimum absolute atomic E-state index is 0.262. The Morgan fingerprint density at radius 3 is 1.85 bits per heavy atom. The topological polar surface area (TPSA) is 27.7 Å². The molecule has 39 heavy (non-hydrogen) atoms. The summed E-state index contributed by atoms with van der Waals surface area (Å²) in [4.78, 5) is 0. The molecular weight excluding hydrogens is 480 g/mol. The maximum Gasteiger partial charge on any atom is 0.178 e. The summed E-state index contributed by atoms with van der Waals surface area (Å²) in [5, 5.41) is 2.22. The van der Waals surface area contributed by atoms with Gasteiger partial charge in [0.1, 0.15) is 5.75 Å². The fraction of sp³-hybridized carbons (Fsp3) is 0.167. The van der Waals surface area contributed by atoms with Gasteiger partial charge in [0, 0.05) is 27.7 Å². The first-order chi connectivity index (χ1) is 19.0. The number of hydrogen-bond donors (Lipinski definition) is 0. The second kappa shape index (κ2) is 8.51. The molecule has 5 aromatic carbocycles. The number of hydrogen-bond acceptors (Lipinski definition) is 3. The lowest BCUT2D eigenvalue weighted by Crippen LogP contribution is -2.35. The summed E-state index contributed by atoms with van der Waals surface area (Å²) in [7, 11) is 3.38. The number of rotatable bonds is 4. The third kappa shape index (κ3) is 3.23. The number of benzene rings is 5. The van der Waals surface area contributed by atoms with Crippen molar-refractivity contribution < 1.29 is 14.2 Å². The molecule has 192 valence electrons. The van der Waals surface area contributed by atoms with Crippen molar-refractivity contribution in [2.45, 2.75) is 24.9 Å². The normalized spacial score (nSPS) is 15.7. The lowest BCUT2D eigenvalue weighted by molar-refractivity contribution is 0.158. The quantitative estimate of drug-likeness (QED) is 0.243. The van der Waals surface area contributed by atoms with Crippen LogP contribution in [-0.2, 0) is 11.0 Å².